The standard InChI is InChI=1S/C30H19ClN2/c31-30-32-28-19-25(23-12-10-22(11-13-23)20-6-2-1-3-7-20)16-17-27(28)29(33-30)26-15-14-21-8-4-5-9-24(21)18-26/h1-19H. The molecule has 2 nitrogen and oxygen atoms in total. The summed E-state index contributed by atoms with van der Waals surface area (Å²) in [6.07, 6.45) is 0. The Kier molecular flexibility index (Phi) is 4.86. The minimum Gasteiger partial charge on any atom is -0.218 e. The van der Waals surface area contributed by atoms with Crippen LogP contribution in [0.1, 0.15) is 0 Å². The zero-order valence-electron chi connectivity index (χ0n) is 17.7. The summed E-state index contributed by atoms with van der Waals surface area (Å²) < 4.78 is 0. The van der Waals surface area contributed by atoms with Crippen LogP contribution < -0.4 is 0 Å². The highest BCUT2D eigenvalue weighted by atomic mass is 35.5. The molecule has 0 aliphatic heterocycles. The molecule has 5 aromatic carbocycles. The summed E-state index contributed by atoms with van der Waals surface area (Å²) >= 11 is 6.36. The predicted molar refractivity (Wildman–Crippen MR) is 138 cm³/mol. The third kappa shape index (κ3) is 3.75. The Balaban J connectivity index is 1.42. The quantitative estimate of drug-likeness (QED) is 0.257. The molecule has 1 aromatic heterocycles. The maximum atomic E-state index is 6.36. The molecule has 1 heterocycles. The van der Waals surface area contributed by atoms with Gasteiger partial charge in [0.2, 0.25) is 5.28 Å². The summed E-state index contributed by atoms with van der Waals surface area (Å²) in [5, 5.41) is 3.61. The van der Waals surface area contributed by atoms with Gasteiger partial charge in [-0.05, 0) is 62.8 Å². The fraction of sp³-hybridized carbons (Fsp3) is 0. The Morgan fingerprint density at radius 1 is 0.455 bits per heavy atom. The molecule has 0 radical (unpaired) electrons. The Labute approximate surface area is 197 Å². The number of hydrogen-bond acceptors (Lipinski definition) is 2. The molecule has 0 spiro atoms. The number of rotatable bonds is 3. The average molecular weight is 443 g/mol. The van der Waals surface area contributed by atoms with Crippen LogP contribution in [0.25, 0.3) is 55.2 Å². The van der Waals surface area contributed by atoms with E-state index < -0.39 is 0 Å². The van der Waals surface area contributed by atoms with E-state index in [0.29, 0.717) is 0 Å². The van der Waals surface area contributed by atoms with E-state index in [9.17, 15) is 0 Å². The van der Waals surface area contributed by atoms with E-state index in [4.69, 9.17) is 11.6 Å². The fourth-order valence-electron chi connectivity index (χ4n) is 4.32. The van der Waals surface area contributed by atoms with Gasteiger partial charge in [0.1, 0.15) is 0 Å². The van der Waals surface area contributed by atoms with Crippen molar-refractivity contribution in [3.05, 3.63) is 121 Å². The Morgan fingerprint density at radius 3 is 1.85 bits per heavy atom. The topological polar surface area (TPSA) is 25.8 Å². The highest BCUT2D eigenvalue weighted by Crippen LogP contribution is 2.33. The lowest BCUT2D eigenvalue weighted by molar-refractivity contribution is 1.23. The van der Waals surface area contributed by atoms with Crippen LogP contribution in [0.3, 0.4) is 0 Å². The molecule has 0 fully saturated rings. The second kappa shape index (κ2) is 8.16. The molecule has 0 atom stereocenters. The number of aromatic nitrogens is 2. The molecule has 0 aliphatic rings. The zero-order chi connectivity index (χ0) is 22.2. The van der Waals surface area contributed by atoms with Crippen LogP contribution in [0.2, 0.25) is 5.28 Å². The van der Waals surface area contributed by atoms with Crippen molar-refractivity contribution >= 4 is 33.3 Å². The second-order valence-corrected chi connectivity index (χ2v) is 8.42. The van der Waals surface area contributed by atoms with E-state index in [2.05, 4.69) is 107 Å². The number of benzene rings is 5. The van der Waals surface area contributed by atoms with Crippen LogP contribution in [0, 0.1) is 0 Å². The summed E-state index contributed by atoms with van der Waals surface area (Å²) in [6, 6.07) is 40.0. The van der Waals surface area contributed by atoms with E-state index in [1.54, 1.807) is 0 Å². The van der Waals surface area contributed by atoms with Gasteiger partial charge in [0, 0.05) is 10.9 Å². The minimum atomic E-state index is 0.252. The molecule has 156 valence electrons. The van der Waals surface area contributed by atoms with Gasteiger partial charge in [0.15, 0.2) is 0 Å². The second-order valence-electron chi connectivity index (χ2n) is 8.08. The normalized spacial score (nSPS) is 11.2. The summed E-state index contributed by atoms with van der Waals surface area (Å²) in [7, 11) is 0. The highest BCUT2D eigenvalue weighted by Gasteiger charge is 2.11. The summed E-state index contributed by atoms with van der Waals surface area (Å²) in [5.41, 5.74) is 7.36. The SMILES string of the molecule is Clc1nc(-c2ccc3ccccc3c2)c2ccc(-c3ccc(-c4ccccc4)cc3)cc2n1. The number of hydrogen-bond donors (Lipinski definition) is 0. The van der Waals surface area contributed by atoms with E-state index in [1.165, 1.54) is 21.9 Å². The van der Waals surface area contributed by atoms with Gasteiger partial charge in [0.05, 0.1) is 11.2 Å². The van der Waals surface area contributed by atoms with Crippen molar-refractivity contribution < 1.29 is 0 Å². The first-order chi connectivity index (χ1) is 16.2. The van der Waals surface area contributed by atoms with Crippen molar-refractivity contribution in [2.24, 2.45) is 0 Å². The number of fused-ring (bicyclic) bond motifs is 2. The van der Waals surface area contributed by atoms with Gasteiger partial charge < -0.3 is 0 Å². The van der Waals surface area contributed by atoms with Gasteiger partial charge in [-0.3, -0.25) is 0 Å². The molecule has 0 saturated carbocycles. The molecule has 6 rings (SSSR count). The zero-order valence-corrected chi connectivity index (χ0v) is 18.5. The third-order valence-electron chi connectivity index (χ3n) is 6.02. The van der Waals surface area contributed by atoms with Crippen LogP contribution in [0.4, 0.5) is 0 Å². The molecule has 0 bridgehead atoms. The highest BCUT2D eigenvalue weighted by molar-refractivity contribution is 6.29. The van der Waals surface area contributed by atoms with Gasteiger partial charge in [0.25, 0.3) is 0 Å². The lowest BCUT2D eigenvalue weighted by atomic mass is 9.98. The maximum Gasteiger partial charge on any atom is 0.223 e. The van der Waals surface area contributed by atoms with Gasteiger partial charge in [-0.2, -0.15) is 0 Å². The van der Waals surface area contributed by atoms with E-state index in [1.807, 2.05) is 18.2 Å². The summed E-state index contributed by atoms with van der Waals surface area (Å²) in [4.78, 5) is 9.11. The lowest BCUT2D eigenvalue weighted by Crippen LogP contribution is -1.92. The molecular formula is C30H19ClN2. The van der Waals surface area contributed by atoms with Crippen molar-refractivity contribution in [2.75, 3.05) is 0 Å². The van der Waals surface area contributed by atoms with Gasteiger partial charge in [-0.25, -0.2) is 9.97 Å². The minimum absolute atomic E-state index is 0.252. The van der Waals surface area contributed by atoms with Crippen LogP contribution in [0.15, 0.2) is 115 Å². The first kappa shape index (κ1) is 19.7. The number of nitrogens with zero attached hydrogens (tertiary/aromatic N) is 2. The van der Waals surface area contributed by atoms with Gasteiger partial charge in [-0.1, -0.05) is 97.1 Å². The maximum absolute atomic E-state index is 6.36. The molecule has 0 unspecified atom stereocenters. The monoisotopic (exact) mass is 442 g/mol. The lowest BCUT2D eigenvalue weighted by Gasteiger charge is -2.10. The molecule has 0 aliphatic carbocycles. The van der Waals surface area contributed by atoms with Crippen LogP contribution in [-0.2, 0) is 0 Å². The Morgan fingerprint density at radius 2 is 1.06 bits per heavy atom. The van der Waals surface area contributed by atoms with Gasteiger partial charge >= 0.3 is 0 Å². The fourth-order valence-corrected chi connectivity index (χ4v) is 4.50. The first-order valence-electron chi connectivity index (χ1n) is 10.9. The van der Waals surface area contributed by atoms with E-state index >= 15 is 0 Å². The van der Waals surface area contributed by atoms with Crippen molar-refractivity contribution in [1.82, 2.24) is 9.97 Å². The molecule has 0 N–H and O–H groups in total. The first-order valence-corrected chi connectivity index (χ1v) is 11.2. The average Bonchev–Trinajstić information content (AvgIpc) is 2.88. The molecule has 6 aromatic rings. The van der Waals surface area contributed by atoms with E-state index in [-0.39, 0.29) is 5.28 Å². The largest absolute Gasteiger partial charge is 0.223 e. The number of halogens is 1. The van der Waals surface area contributed by atoms with Crippen molar-refractivity contribution in [3.8, 4) is 33.5 Å². The Hall–Kier alpha value is -4.01. The van der Waals surface area contributed by atoms with Crippen LogP contribution in [0.5, 0.6) is 0 Å². The van der Waals surface area contributed by atoms with E-state index in [0.717, 1.165) is 33.3 Å². The van der Waals surface area contributed by atoms with Crippen LogP contribution in [-0.4, -0.2) is 9.97 Å². The van der Waals surface area contributed by atoms with Crippen molar-refractivity contribution in [3.63, 3.8) is 0 Å². The van der Waals surface area contributed by atoms with Crippen molar-refractivity contribution in [2.45, 2.75) is 0 Å². The molecule has 0 saturated heterocycles. The molecular weight excluding hydrogens is 424 g/mol. The summed E-state index contributed by atoms with van der Waals surface area (Å²) in [6.45, 7) is 0. The van der Waals surface area contributed by atoms with Crippen molar-refractivity contribution in [1.29, 1.82) is 0 Å². The van der Waals surface area contributed by atoms with Crippen LogP contribution >= 0.6 is 11.6 Å². The molecule has 0 amide bonds. The smallest absolute Gasteiger partial charge is 0.218 e. The third-order valence-corrected chi connectivity index (χ3v) is 6.19. The Bertz CT molecular complexity index is 1610. The van der Waals surface area contributed by atoms with Gasteiger partial charge in [-0.15, -0.1) is 0 Å². The molecule has 33 heavy (non-hydrogen) atoms. The summed E-state index contributed by atoms with van der Waals surface area (Å²) in [5.74, 6) is 0. The molecule has 3 heteroatoms. The predicted octanol–water partition coefficient (Wildman–Crippen LogP) is 8.44.